The van der Waals surface area contributed by atoms with Crippen LogP contribution in [0.4, 0.5) is 0 Å². The van der Waals surface area contributed by atoms with Crippen molar-refractivity contribution in [3.05, 3.63) is 65.0 Å². The number of rotatable bonds is 9. The van der Waals surface area contributed by atoms with E-state index in [9.17, 15) is 14.7 Å². The van der Waals surface area contributed by atoms with Crippen molar-refractivity contribution in [1.82, 2.24) is 9.88 Å². The second kappa shape index (κ2) is 10.6. The van der Waals surface area contributed by atoms with E-state index in [4.69, 9.17) is 9.47 Å². The van der Waals surface area contributed by atoms with Gasteiger partial charge in [0.2, 0.25) is 0 Å². The third-order valence-corrected chi connectivity index (χ3v) is 5.34. The topological polar surface area (TPSA) is 89.0 Å². The number of amides is 1. The van der Waals surface area contributed by atoms with E-state index in [1.54, 1.807) is 42.7 Å². The summed E-state index contributed by atoms with van der Waals surface area (Å²) in [6.07, 6.45) is 3.23. The number of aliphatic hydroxyl groups is 1. The monoisotopic (exact) mass is 452 g/mol. The summed E-state index contributed by atoms with van der Waals surface area (Å²) in [4.78, 5) is 31.6. The lowest BCUT2D eigenvalue weighted by Crippen LogP contribution is -2.33. The Balaban J connectivity index is 2.01. The summed E-state index contributed by atoms with van der Waals surface area (Å²) in [6.45, 7) is 10.9. The van der Waals surface area contributed by atoms with Gasteiger partial charge in [0.25, 0.3) is 11.7 Å². The van der Waals surface area contributed by atoms with Gasteiger partial charge >= 0.3 is 0 Å². The maximum Gasteiger partial charge on any atom is 0.295 e. The van der Waals surface area contributed by atoms with Gasteiger partial charge in [-0.2, -0.15) is 0 Å². The van der Waals surface area contributed by atoms with Gasteiger partial charge < -0.3 is 19.5 Å². The number of ether oxygens (including phenoxy) is 2. The number of likely N-dealkylation sites (tertiary alicyclic amines) is 1. The molecule has 176 valence electrons. The van der Waals surface area contributed by atoms with E-state index in [1.807, 2.05) is 20.8 Å². The second-order valence-corrected chi connectivity index (χ2v) is 8.88. The Labute approximate surface area is 195 Å². The van der Waals surface area contributed by atoms with Crippen LogP contribution in [0.25, 0.3) is 5.76 Å². The summed E-state index contributed by atoms with van der Waals surface area (Å²) in [5.41, 5.74) is 1.98. The molecule has 1 N–H and O–H groups in total. The van der Waals surface area contributed by atoms with Crippen molar-refractivity contribution in [1.29, 1.82) is 0 Å². The van der Waals surface area contributed by atoms with Gasteiger partial charge in [-0.1, -0.05) is 19.9 Å². The van der Waals surface area contributed by atoms with Crippen molar-refractivity contribution in [2.75, 3.05) is 19.8 Å². The van der Waals surface area contributed by atoms with Crippen LogP contribution in [0.3, 0.4) is 0 Å². The Morgan fingerprint density at radius 2 is 1.94 bits per heavy atom. The van der Waals surface area contributed by atoms with Crippen LogP contribution >= 0.6 is 0 Å². The Bertz CT molecular complexity index is 1030. The fourth-order valence-corrected chi connectivity index (χ4v) is 3.75. The molecule has 0 aliphatic carbocycles. The van der Waals surface area contributed by atoms with Gasteiger partial charge in [0, 0.05) is 24.5 Å². The van der Waals surface area contributed by atoms with E-state index in [-0.39, 0.29) is 30.6 Å². The van der Waals surface area contributed by atoms with Crippen molar-refractivity contribution < 1.29 is 24.2 Å². The fraction of sp³-hybridized carbons (Fsp3) is 0.423. The number of pyridine rings is 1. The molecule has 1 aromatic heterocycles. The fourth-order valence-electron chi connectivity index (χ4n) is 3.75. The average molecular weight is 453 g/mol. The Morgan fingerprint density at radius 1 is 1.18 bits per heavy atom. The van der Waals surface area contributed by atoms with Gasteiger partial charge in [-0.25, -0.2) is 0 Å². The number of nitrogens with zero attached hydrogens (tertiary/aromatic N) is 2. The smallest absolute Gasteiger partial charge is 0.295 e. The molecule has 0 saturated carbocycles. The Hall–Kier alpha value is -3.19. The van der Waals surface area contributed by atoms with E-state index in [0.29, 0.717) is 23.7 Å². The third kappa shape index (κ3) is 5.60. The molecule has 7 heteroatoms. The molecule has 1 amide bonds. The quantitative estimate of drug-likeness (QED) is 0.347. The predicted molar refractivity (Wildman–Crippen MR) is 126 cm³/mol. The number of aromatic nitrogens is 1. The molecule has 33 heavy (non-hydrogen) atoms. The molecule has 1 aromatic carbocycles. The number of carbonyl (C=O) groups is 2. The summed E-state index contributed by atoms with van der Waals surface area (Å²) in [6, 6.07) is 8.03. The number of aliphatic hydroxyl groups excluding tert-OH is 1. The van der Waals surface area contributed by atoms with Crippen LogP contribution in [-0.4, -0.2) is 52.5 Å². The van der Waals surface area contributed by atoms with Crippen LogP contribution < -0.4 is 4.74 Å². The number of carbonyl (C=O) groups excluding carboxylic acids is 2. The summed E-state index contributed by atoms with van der Waals surface area (Å²) in [5.74, 6) is -0.494. The van der Waals surface area contributed by atoms with Gasteiger partial charge in [-0.05, 0) is 62.1 Å². The third-order valence-electron chi connectivity index (χ3n) is 5.34. The highest BCUT2D eigenvalue weighted by atomic mass is 16.5. The minimum absolute atomic E-state index is 0.00179. The zero-order valence-corrected chi connectivity index (χ0v) is 19.9. The SMILES string of the molecule is Cc1cc(/C(O)=C2/C(=O)C(=O)N(CCOC(C)C)C2c2cccnc2)ccc1OCC(C)C. The maximum absolute atomic E-state index is 13.0. The Kier molecular flexibility index (Phi) is 7.87. The number of Topliss-reactive ketones (excluding diaryl/α,β-unsaturated/α-hetero) is 1. The van der Waals surface area contributed by atoms with Crippen molar-refractivity contribution in [3.8, 4) is 5.75 Å². The second-order valence-electron chi connectivity index (χ2n) is 8.88. The van der Waals surface area contributed by atoms with E-state index in [0.717, 1.165) is 11.3 Å². The average Bonchev–Trinajstić information content (AvgIpc) is 3.03. The number of hydrogen-bond donors (Lipinski definition) is 1. The number of benzene rings is 1. The van der Waals surface area contributed by atoms with Gasteiger partial charge in [-0.3, -0.25) is 14.6 Å². The lowest BCUT2D eigenvalue weighted by molar-refractivity contribution is -0.140. The zero-order chi connectivity index (χ0) is 24.1. The molecule has 1 fully saturated rings. The van der Waals surface area contributed by atoms with Gasteiger partial charge in [0.05, 0.1) is 30.9 Å². The van der Waals surface area contributed by atoms with Crippen LogP contribution in [0.5, 0.6) is 5.75 Å². The molecular weight excluding hydrogens is 420 g/mol. The van der Waals surface area contributed by atoms with Crippen molar-refractivity contribution in [3.63, 3.8) is 0 Å². The van der Waals surface area contributed by atoms with E-state index in [2.05, 4.69) is 18.8 Å². The van der Waals surface area contributed by atoms with E-state index < -0.39 is 17.7 Å². The van der Waals surface area contributed by atoms with Crippen LogP contribution in [-0.2, 0) is 14.3 Å². The van der Waals surface area contributed by atoms with E-state index >= 15 is 0 Å². The maximum atomic E-state index is 13.0. The molecule has 1 aliphatic rings. The number of ketones is 1. The largest absolute Gasteiger partial charge is 0.507 e. The minimum atomic E-state index is -0.744. The normalized spacial score (nSPS) is 17.9. The lowest BCUT2D eigenvalue weighted by Gasteiger charge is -2.25. The van der Waals surface area contributed by atoms with Crippen LogP contribution in [0, 0.1) is 12.8 Å². The first kappa shape index (κ1) is 24.5. The van der Waals surface area contributed by atoms with Gasteiger partial charge in [0.1, 0.15) is 11.5 Å². The standard InChI is InChI=1S/C26H32N2O5/c1-16(2)15-33-21-9-8-19(13-18(21)5)24(29)22-23(20-7-6-10-27-14-20)28(26(31)25(22)30)11-12-32-17(3)4/h6-10,13-14,16-17,23,29H,11-12,15H2,1-5H3/b24-22-. The molecule has 0 radical (unpaired) electrons. The summed E-state index contributed by atoms with van der Waals surface area (Å²) in [7, 11) is 0. The van der Waals surface area contributed by atoms with Crippen LogP contribution in [0.1, 0.15) is 50.4 Å². The zero-order valence-electron chi connectivity index (χ0n) is 19.9. The molecule has 3 rings (SSSR count). The highest BCUT2D eigenvalue weighted by molar-refractivity contribution is 6.46. The number of hydrogen-bond acceptors (Lipinski definition) is 6. The van der Waals surface area contributed by atoms with Crippen molar-refractivity contribution in [2.24, 2.45) is 5.92 Å². The number of aryl methyl sites for hydroxylation is 1. The van der Waals surface area contributed by atoms with E-state index in [1.165, 1.54) is 4.90 Å². The molecular formula is C26H32N2O5. The van der Waals surface area contributed by atoms with Crippen LogP contribution in [0.2, 0.25) is 0 Å². The first-order valence-corrected chi connectivity index (χ1v) is 11.2. The first-order valence-electron chi connectivity index (χ1n) is 11.2. The van der Waals surface area contributed by atoms with Gasteiger partial charge in [-0.15, -0.1) is 0 Å². The molecule has 2 aromatic rings. The molecule has 1 saturated heterocycles. The summed E-state index contributed by atoms with van der Waals surface area (Å²) < 4.78 is 11.4. The minimum Gasteiger partial charge on any atom is -0.507 e. The molecule has 2 heterocycles. The molecule has 1 unspecified atom stereocenters. The first-order chi connectivity index (χ1) is 15.7. The van der Waals surface area contributed by atoms with Crippen molar-refractivity contribution >= 4 is 17.4 Å². The molecule has 0 spiro atoms. The van der Waals surface area contributed by atoms with Crippen molar-refractivity contribution in [2.45, 2.75) is 46.8 Å². The molecule has 7 nitrogen and oxygen atoms in total. The molecule has 1 aliphatic heterocycles. The lowest BCUT2D eigenvalue weighted by atomic mass is 9.95. The predicted octanol–water partition coefficient (Wildman–Crippen LogP) is 4.27. The summed E-state index contributed by atoms with van der Waals surface area (Å²) in [5, 5.41) is 11.2. The Morgan fingerprint density at radius 3 is 2.55 bits per heavy atom. The van der Waals surface area contributed by atoms with Crippen LogP contribution in [0.15, 0.2) is 48.3 Å². The van der Waals surface area contributed by atoms with Gasteiger partial charge in [0.15, 0.2) is 0 Å². The summed E-state index contributed by atoms with van der Waals surface area (Å²) >= 11 is 0. The molecule has 0 bridgehead atoms. The highest BCUT2D eigenvalue weighted by Gasteiger charge is 2.46. The molecule has 1 atom stereocenters. The highest BCUT2D eigenvalue weighted by Crippen LogP contribution is 2.39.